The number of pyridine rings is 1. The van der Waals surface area contributed by atoms with Crippen LogP contribution in [0.3, 0.4) is 0 Å². The number of ether oxygens (including phenoxy) is 2. The third-order valence-electron chi connectivity index (χ3n) is 4.96. The van der Waals surface area contributed by atoms with Crippen LogP contribution < -0.4 is 4.74 Å². The second kappa shape index (κ2) is 10.1. The van der Waals surface area contributed by atoms with Gasteiger partial charge in [0, 0.05) is 23.4 Å². The predicted molar refractivity (Wildman–Crippen MR) is 109 cm³/mol. The first kappa shape index (κ1) is 21.6. The molecule has 1 aliphatic carbocycles. The Morgan fingerprint density at radius 1 is 1.28 bits per heavy atom. The zero-order chi connectivity index (χ0) is 20.8. The standard InChI is InChI=1S/C22H25F2NO3S/c1-14(9-10-20(26)27-2)28-21-18(23)12-15(13-19(21)24)17-8-5-11-25-22(17)29-16-6-3-4-7-16/h5,8,11-14,16H,3-4,6-7,9-10H2,1-2H3. The molecule has 1 aliphatic rings. The summed E-state index contributed by atoms with van der Waals surface area (Å²) in [7, 11) is 1.30. The maximum absolute atomic E-state index is 14.7. The molecule has 156 valence electrons. The summed E-state index contributed by atoms with van der Waals surface area (Å²) in [6.45, 7) is 1.66. The average Bonchev–Trinajstić information content (AvgIpc) is 3.22. The molecule has 4 nitrogen and oxygen atoms in total. The average molecular weight is 422 g/mol. The molecule has 1 aromatic heterocycles. The van der Waals surface area contributed by atoms with Crippen molar-refractivity contribution in [2.45, 2.75) is 61.8 Å². The van der Waals surface area contributed by atoms with Crippen LogP contribution >= 0.6 is 11.8 Å². The van der Waals surface area contributed by atoms with Gasteiger partial charge in [0.05, 0.1) is 13.2 Å². The van der Waals surface area contributed by atoms with Crippen molar-refractivity contribution in [2.75, 3.05) is 7.11 Å². The highest BCUT2D eigenvalue weighted by molar-refractivity contribution is 8.00. The number of nitrogens with zero attached hydrogens (tertiary/aromatic N) is 1. The van der Waals surface area contributed by atoms with Crippen molar-refractivity contribution in [1.29, 1.82) is 0 Å². The van der Waals surface area contributed by atoms with Crippen LogP contribution in [-0.2, 0) is 9.53 Å². The predicted octanol–water partition coefficient (Wildman–Crippen LogP) is 5.78. The van der Waals surface area contributed by atoms with Crippen molar-refractivity contribution in [2.24, 2.45) is 0 Å². The van der Waals surface area contributed by atoms with Crippen LogP contribution in [0.5, 0.6) is 5.75 Å². The first-order valence-electron chi connectivity index (χ1n) is 9.82. The summed E-state index contributed by atoms with van der Waals surface area (Å²) in [6, 6.07) is 6.16. The van der Waals surface area contributed by atoms with Gasteiger partial charge in [0.2, 0.25) is 0 Å². The molecule has 1 aromatic carbocycles. The molecule has 29 heavy (non-hydrogen) atoms. The van der Waals surface area contributed by atoms with E-state index < -0.39 is 23.5 Å². The number of thioether (sulfide) groups is 1. The lowest BCUT2D eigenvalue weighted by Gasteiger charge is -2.17. The Kier molecular flexibility index (Phi) is 7.47. The van der Waals surface area contributed by atoms with Gasteiger partial charge in [0.25, 0.3) is 0 Å². The maximum Gasteiger partial charge on any atom is 0.305 e. The molecular weight excluding hydrogens is 396 g/mol. The Balaban J connectivity index is 1.78. The highest BCUT2D eigenvalue weighted by Gasteiger charge is 2.21. The molecule has 1 fully saturated rings. The van der Waals surface area contributed by atoms with Gasteiger partial charge < -0.3 is 9.47 Å². The van der Waals surface area contributed by atoms with E-state index >= 15 is 0 Å². The van der Waals surface area contributed by atoms with Crippen molar-refractivity contribution >= 4 is 17.7 Å². The van der Waals surface area contributed by atoms with Crippen LogP contribution in [0.4, 0.5) is 8.78 Å². The number of methoxy groups -OCH3 is 1. The summed E-state index contributed by atoms with van der Waals surface area (Å²) in [5, 5.41) is 1.29. The lowest BCUT2D eigenvalue weighted by atomic mass is 10.1. The molecule has 3 rings (SSSR count). The molecule has 0 amide bonds. The molecule has 0 radical (unpaired) electrons. The van der Waals surface area contributed by atoms with Gasteiger partial charge in [-0.15, -0.1) is 11.8 Å². The van der Waals surface area contributed by atoms with E-state index in [0.717, 1.165) is 17.9 Å². The molecule has 1 heterocycles. The first-order valence-corrected chi connectivity index (χ1v) is 10.7. The summed E-state index contributed by atoms with van der Waals surface area (Å²) >= 11 is 1.68. The summed E-state index contributed by atoms with van der Waals surface area (Å²) in [5.41, 5.74) is 1.15. The highest BCUT2D eigenvalue weighted by atomic mass is 32.2. The van der Waals surface area contributed by atoms with E-state index in [1.165, 1.54) is 32.1 Å². The fourth-order valence-electron chi connectivity index (χ4n) is 3.38. The highest BCUT2D eigenvalue weighted by Crippen LogP contribution is 2.39. The monoisotopic (exact) mass is 421 g/mol. The number of halogens is 2. The number of rotatable bonds is 8. The number of carbonyl (C=O) groups excluding carboxylic acids is 1. The molecule has 2 aromatic rings. The Morgan fingerprint density at radius 2 is 1.97 bits per heavy atom. The molecule has 0 aliphatic heterocycles. The first-order chi connectivity index (χ1) is 14.0. The van der Waals surface area contributed by atoms with E-state index in [2.05, 4.69) is 9.72 Å². The fourth-order valence-corrected chi connectivity index (χ4v) is 4.70. The second-order valence-corrected chi connectivity index (χ2v) is 8.48. The van der Waals surface area contributed by atoms with E-state index in [1.54, 1.807) is 30.9 Å². The van der Waals surface area contributed by atoms with Gasteiger partial charge in [-0.2, -0.15) is 0 Å². The number of benzene rings is 1. The molecule has 1 unspecified atom stereocenters. The van der Waals surface area contributed by atoms with Gasteiger partial charge in [0.1, 0.15) is 5.03 Å². The van der Waals surface area contributed by atoms with Crippen molar-refractivity contribution in [1.82, 2.24) is 4.98 Å². The van der Waals surface area contributed by atoms with Crippen LogP contribution in [-0.4, -0.2) is 29.4 Å². The smallest absolute Gasteiger partial charge is 0.305 e. The summed E-state index contributed by atoms with van der Waals surface area (Å²) in [5.74, 6) is -2.36. The molecule has 0 bridgehead atoms. The molecular formula is C22H25F2NO3S. The number of aromatic nitrogens is 1. The lowest BCUT2D eigenvalue weighted by molar-refractivity contribution is -0.141. The Morgan fingerprint density at radius 3 is 2.62 bits per heavy atom. The zero-order valence-corrected chi connectivity index (χ0v) is 17.4. The summed E-state index contributed by atoms with van der Waals surface area (Å²) < 4.78 is 39.3. The lowest BCUT2D eigenvalue weighted by Crippen LogP contribution is -2.16. The van der Waals surface area contributed by atoms with Gasteiger partial charge in [-0.1, -0.05) is 18.9 Å². The van der Waals surface area contributed by atoms with Gasteiger partial charge in [-0.25, -0.2) is 13.8 Å². The van der Waals surface area contributed by atoms with Crippen LogP contribution in [0.15, 0.2) is 35.5 Å². The number of carbonyl (C=O) groups is 1. The minimum absolute atomic E-state index is 0.121. The molecule has 0 spiro atoms. The summed E-state index contributed by atoms with van der Waals surface area (Å²) in [6.07, 6.45) is 6.30. The minimum atomic E-state index is -0.773. The zero-order valence-electron chi connectivity index (χ0n) is 16.6. The van der Waals surface area contributed by atoms with Gasteiger partial charge in [-0.05, 0) is 49.9 Å². The molecule has 0 saturated heterocycles. The van der Waals surface area contributed by atoms with Crippen molar-refractivity contribution < 1.29 is 23.0 Å². The maximum atomic E-state index is 14.7. The van der Waals surface area contributed by atoms with Crippen LogP contribution in [0.1, 0.15) is 45.4 Å². The summed E-state index contributed by atoms with van der Waals surface area (Å²) in [4.78, 5) is 15.7. The fraction of sp³-hybridized carbons (Fsp3) is 0.455. The van der Waals surface area contributed by atoms with E-state index in [0.29, 0.717) is 22.8 Å². The van der Waals surface area contributed by atoms with E-state index in [-0.39, 0.29) is 12.4 Å². The van der Waals surface area contributed by atoms with Crippen LogP contribution in [0.25, 0.3) is 11.1 Å². The third kappa shape index (κ3) is 5.69. The largest absolute Gasteiger partial charge is 0.485 e. The Labute approximate surface area is 174 Å². The topological polar surface area (TPSA) is 48.4 Å². The molecule has 7 heteroatoms. The Hall–Kier alpha value is -2.15. The van der Waals surface area contributed by atoms with E-state index in [4.69, 9.17) is 4.74 Å². The van der Waals surface area contributed by atoms with Crippen molar-refractivity contribution in [3.8, 4) is 16.9 Å². The van der Waals surface area contributed by atoms with Crippen LogP contribution in [0.2, 0.25) is 0 Å². The number of esters is 1. The number of hydrogen-bond acceptors (Lipinski definition) is 5. The van der Waals surface area contributed by atoms with Crippen LogP contribution in [0, 0.1) is 11.6 Å². The molecule has 0 N–H and O–H groups in total. The molecule has 1 saturated carbocycles. The third-order valence-corrected chi connectivity index (χ3v) is 6.32. The number of hydrogen-bond donors (Lipinski definition) is 0. The van der Waals surface area contributed by atoms with Gasteiger partial charge in [-0.3, -0.25) is 4.79 Å². The van der Waals surface area contributed by atoms with Crippen molar-refractivity contribution in [3.63, 3.8) is 0 Å². The quantitative estimate of drug-likeness (QED) is 0.506. The van der Waals surface area contributed by atoms with E-state index in [1.807, 2.05) is 6.07 Å². The van der Waals surface area contributed by atoms with Gasteiger partial charge in [0.15, 0.2) is 17.4 Å². The minimum Gasteiger partial charge on any atom is -0.485 e. The second-order valence-electron chi connectivity index (χ2n) is 7.19. The van der Waals surface area contributed by atoms with E-state index in [9.17, 15) is 13.6 Å². The Bertz CT molecular complexity index is 833. The van der Waals surface area contributed by atoms with Crippen molar-refractivity contribution in [3.05, 3.63) is 42.1 Å². The molecule has 1 atom stereocenters. The SMILES string of the molecule is COC(=O)CCC(C)Oc1c(F)cc(-c2cccnc2SC2CCCC2)cc1F. The van der Waals surface area contributed by atoms with Gasteiger partial charge >= 0.3 is 5.97 Å². The normalized spacial score (nSPS) is 15.3.